The highest BCUT2D eigenvalue weighted by Gasteiger charge is 2.35. The topological polar surface area (TPSA) is 83.4 Å². The van der Waals surface area contributed by atoms with E-state index in [1.807, 2.05) is 0 Å². The first-order valence-corrected chi connectivity index (χ1v) is 5.84. The lowest BCUT2D eigenvalue weighted by molar-refractivity contribution is -0.141. The Morgan fingerprint density at radius 3 is 2.78 bits per heavy atom. The lowest BCUT2D eigenvalue weighted by Gasteiger charge is -2.21. The van der Waals surface area contributed by atoms with Crippen LogP contribution in [-0.2, 0) is 4.79 Å². The molecule has 1 atom stereocenters. The average Bonchev–Trinajstić information content (AvgIpc) is 2.77. The van der Waals surface area contributed by atoms with Gasteiger partial charge in [0, 0.05) is 12.7 Å². The van der Waals surface area contributed by atoms with E-state index < -0.39 is 12.0 Å². The van der Waals surface area contributed by atoms with Gasteiger partial charge in [-0.2, -0.15) is 0 Å². The first kappa shape index (κ1) is 12.5. The number of carbonyl (C=O) groups is 2. The molecule has 96 valence electrons. The summed E-state index contributed by atoms with van der Waals surface area (Å²) in [6.07, 6.45) is 2.69. The fourth-order valence-electron chi connectivity index (χ4n) is 2.21. The largest absolute Gasteiger partial charge is 0.480 e. The highest BCUT2D eigenvalue weighted by atomic mass is 16.4. The fraction of sp³-hybridized carbons (Fsp3) is 0.500. The summed E-state index contributed by atoms with van der Waals surface area (Å²) < 4.78 is 0. The number of rotatable bonds is 2. The highest BCUT2D eigenvalue weighted by molar-refractivity contribution is 5.97. The minimum absolute atomic E-state index is 0.294. The molecule has 6 heteroatoms. The van der Waals surface area contributed by atoms with Crippen LogP contribution in [0.2, 0.25) is 0 Å². The molecule has 0 bridgehead atoms. The monoisotopic (exact) mass is 249 g/mol. The summed E-state index contributed by atoms with van der Waals surface area (Å²) in [5.41, 5.74) is 0.970. The van der Waals surface area contributed by atoms with E-state index in [0.717, 1.165) is 0 Å². The third-order valence-corrected chi connectivity index (χ3v) is 3.13. The Labute approximate surface area is 105 Å². The van der Waals surface area contributed by atoms with Crippen molar-refractivity contribution < 1.29 is 14.7 Å². The van der Waals surface area contributed by atoms with Crippen molar-refractivity contribution in [2.45, 2.75) is 32.7 Å². The Morgan fingerprint density at radius 1 is 1.44 bits per heavy atom. The molecule has 1 aliphatic heterocycles. The summed E-state index contributed by atoms with van der Waals surface area (Å²) in [5.74, 6) is -0.649. The first-order valence-electron chi connectivity index (χ1n) is 5.84. The Balaban J connectivity index is 2.28. The van der Waals surface area contributed by atoms with Crippen molar-refractivity contribution in [3.63, 3.8) is 0 Å². The van der Waals surface area contributed by atoms with Crippen LogP contribution in [-0.4, -0.2) is 44.4 Å². The molecule has 1 aromatic heterocycles. The second kappa shape index (κ2) is 4.72. The van der Waals surface area contributed by atoms with Gasteiger partial charge in [-0.3, -0.25) is 4.79 Å². The van der Waals surface area contributed by atoms with Crippen molar-refractivity contribution in [2.24, 2.45) is 0 Å². The molecule has 0 saturated carbocycles. The maximum atomic E-state index is 12.3. The number of amides is 1. The number of carbonyl (C=O) groups excluding carboxylic acids is 1. The van der Waals surface area contributed by atoms with Gasteiger partial charge in [0.15, 0.2) is 0 Å². The number of carboxylic acids is 1. The maximum absolute atomic E-state index is 12.3. The van der Waals surface area contributed by atoms with Gasteiger partial charge < -0.3 is 10.0 Å². The quantitative estimate of drug-likeness (QED) is 0.837. The van der Waals surface area contributed by atoms with Crippen LogP contribution in [0.15, 0.2) is 6.20 Å². The van der Waals surface area contributed by atoms with Crippen molar-refractivity contribution >= 4 is 11.9 Å². The SMILES string of the molecule is Cc1ncc(C(=O)N2CCC[C@H]2C(=O)O)c(C)n1. The second-order valence-electron chi connectivity index (χ2n) is 4.41. The van der Waals surface area contributed by atoms with Crippen LogP contribution in [0.1, 0.15) is 34.7 Å². The number of carboxylic acid groups (broad SMARTS) is 1. The number of nitrogens with zero attached hydrogens (tertiary/aromatic N) is 3. The molecular formula is C12H15N3O3. The molecule has 18 heavy (non-hydrogen) atoms. The Bertz CT molecular complexity index is 501. The minimum atomic E-state index is -0.952. The predicted octanol–water partition coefficient (Wildman–Crippen LogP) is 0.783. The van der Waals surface area contributed by atoms with E-state index in [0.29, 0.717) is 36.5 Å². The number of aliphatic carboxylic acids is 1. The zero-order valence-electron chi connectivity index (χ0n) is 10.4. The number of likely N-dealkylation sites (tertiary alicyclic amines) is 1. The zero-order chi connectivity index (χ0) is 13.3. The molecule has 0 aromatic carbocycles. The molecule has 6 nitrogen and oxygen atoms in total. The van der Waals surface area contributed by atoms with Gasteiger partial charge in [-0.1, -0.05) is 0 Å². The van der Waals surface area contributed by atoms with E-state index in [9.17, 15) is 9.59 Å². The zero-order valence-corrected chi connectivity index (χ0v) is 10.4. The molecule has 1 fully saturated rings. The lowest BCUT2D eigenvalue weighted by atomic mass is 10.2. The summed E-state index contributed by atoms with van der Waals surface area (Å²) in [5, 5.41) is 9.07. The van der Waals surface area contributed by atoms with Crippen LogP contribution < -0.4 is 0 Å². The van der Waals surface area contributed by atoms with Gasteiger partial charge in [0.25, 0.3) is 5.91 Å². The standard InChI is InChI=1S/C12H15N3O3/c1-7-9(6-13-8(2)14-7)11(16)15-5-3-4-10(15)12(17)18/h6,10H,3-5H2,1-2H3,(H,17,18)/t10-/m0/s1. The van der Waals surface area contributed by atoms with Crippen LogP contribution in [0.5, 0.6) is 0 Å². The van der Waals surface area contributed by atoms with E-state index in [-0.39, 0.29) is 5.91 Å². The molecule has 1 aromatic rings. The van der Waals surface area contributed by atoms with Gasteiger partial charge in [-0.25, -0.2) is 14.8 Å². The van der Waals surface area contributed by atoms with E-state index in [1.165, 1.54) is 11.1 Å². The summed E-state index contributed by atoms with van der Waals surface area (Å²) in [6, 6.07) is -0.724. The normalized spacial score (nSPS) is 19.0. The third-order valence-electron chi connectivity index (χ3n) is 3.13. The van der Waals surface area contributed by atoms with Gasteiger partial charge in [-0.05, 0) is 26.7 Å². The molecule has 0 spiro atoms. The predicted molar refractivity (Wildman–Crippen MR) is 63.2 cm³/mol. The van der Waals surface area contributed by atoms with E-state index >= 15 is 0 Å². The third kappa shape index (κ3) is 2.18. The molecule has 1 saturated heterocycles. The summed E-state index contributed by atoms with van der Waals surface area (Å²) in [4.78, 5) is 32.9. The van der Waals surface area contributed by atoms with E-state index in [4.69, 9.17) is 5.11 Å². The molecule has 0 radical (unpaired) electrons. The fourth-order valence-corrected chi connectivity index (χ4v) is 2.21. The van der Waals surface area contributed by atoms with Gasteiger partial charge in [0.2, 0.25) is 0 Å². The van der Waals surface area contributed by atoms with Crippen LogP contribution in [0, 0.1) is 13.8 Å². The Kier molecular flexibility index (Phi) is 3.27. The molecule has 1 aliphatic rings. The first-order chi connectivity index (χ1) is 8.50. The summed E-state index contributed by atoms with van der Waals surface area (Å²) in [7, 11) is 0. The van der Waals surface area contributed by atoms with Crippen molar-refractivity contribution in [3.05, 3.63) is 23.3 Å². The van der Waals surface area contributed by atoms with Crippen LogP contribution in [0.25, 0.3) is 0 Å². The molecule has 0 unspecified atom stereocenters. The van der Waals surface area contributed by atoms with Crippen LogP contribution in [0.3, 0.4) is 0 Å². The number of aryl methyl sites for hydroxylation is 2. The van der Waals surface area contributed by atoms with Gasteiger partial charge in [-0.15, -0.1) is 0 Å². The van der Waals surface area contributed by atoms with E-state index in [2.05, 4.69) is 9.97 Å². The van der Waals surface area contributed by atoms with Gasteiger partial charge in [0.1, 0.15) is 11.9 Å². The van der Waals surface area contributed by atoms with Crippen molar-refractivity contribution in [3.8, 4) is 0 Å². The van der Waals surface area contributed by atoms with E-state index in [1.54, 1.807) is 13.8 Å². The maximum Gasteiger partial charge on any atom is 0.326 e. The summed E-state index contributed by atoms with van der Waals surface area (Å²) in [6.45, 7) is 3.95. The highest BCUT2D eigenvalue weighted by Crippen LogP contribution is 2.20. The second-order valence-corrected chi connectivity index (χ2v) is 4.41. The molecule has 2 heterocycles. The smallest absolute Gasteiger partial charge is 0.326 e. The van der Waals surface area contributed by atoms with Gasteiger partial charge in [0.05, 0.1) is 11.3 Å². The Hall–Kier alpha value is -1.98. The van der Waals surface area contributed by atoms with Crippen molar-refractivity contribution in [2.75, 3.05) is 6.54 Å². The van der Waals surface area contributed by atoms with Gasteiger partial charge >= 0.3 is 5.97 Å². The minimum Gasteiger partial charge on any atom is -0.480 e. The van der Waals surface area contributed by atoms with Crippen LogP contribution >= 0.6 is 0 Å². The average molecular weight is 249 g/mol. The van der Waals surface area contributed by atoms with Crippen molar-refractivity contribution in [1.82, 2.24) is 14.9 Å². The molecule has 0 aliphatic carbocycles. The lowest BCUT2D eigenvalue weighted by Crippen LogP contribution is -2.40. The molecule has 2 rings (SSSR count). The summed E-state index contributed by atoms with van der Waals surface area (Å²) >= 11 is 0. The molecule has 1 N–H and O–H groups in total. The van der Waals surface area contributed by atoms with Crippen molar-refractivity contribution in [1.29, 1.82) is 0 Å². The number of aromatic nitrogens is 2. The van der Waals surface area contributed by atoms with Crippen LogP contribution in [0.4, 0.5) is 0 Å². The molecular weight excluding hydrogens is 234 g/mol. The molecule has 1 amide bonds. The number of hydrogen-bond donors (Lipinski definition) is 1. The Morgan fingerprint density at radius 2 is 2.17 bits per heavy atom. The number of hydrogen-bond acceptors (Lipinski definition) is 4.